The van der Waals surface area contributed by atoms with Gasteiger partial charge in [0.1, 0.15) is 5.82 Å². The smallest absolute Gasteiger partial charge is 0.225 e. The first kappa shape index (κ1) is 17.4. The van der Waals surface area contributed by atoms with Crippen LogP contribution in [0.2, 0.25) is 0 Å². The van der Waals surface area contributed by atoms with Gasteiger partial charge in [-0.3, -0.25) is 9.78 Å². The summed E-state index contributed by atoms with van der Waals surface area (Å²) in [5.74, 6) is 0.865. The highest BCUT2D eigenvalue weighted by atomic mass is 16.3. The van der Waals surface area contributed by atoms with Crippen LogP contribution < -0.4 is 4.90 Å². The van der Waals surface area contributed by atoms with E-state index in [1.807, 2.05) is 37.4 Å². The molecule has 25 heavy (non-hydrogen) atoms. The van der Waals surface area contributed by atoms with E-state index < -0.39 is 6.10 Å². The van der Waals surface area contributed by atoms with Gasteiger partial charge in [0.15, 0.2) is 0 Å². The second kappa shape index (κ2) is 8.07. The van der Waals surface area contributed by atoms with Gasteiger partial charge in [-0.15, -0.1) is 0 Å². The Bertz CT molecular complexity index is 672. The van der Waals surface area contributed by atoms with Gasteiger partial charge in [0.25, 0.3) is 0 Å². The van der Waals surface area contributed by atoms with Crippen LogP contribution in [-0.2, 0) is 4.79 Å². The molecule has 1 aliphatic rings. The fraction of sp³-hybridized carbons (Fsp3) is 0.421. The summed E-state index contributed by atoms with van der Waals surface area (Å²) in [5.41, 5.74) is 0.779. The summed E-state index contributed by atoms with van der Waals surface area (Å²) in [5, 5.41) is 10.3. The minimum atomic E-state index is -0.754. The predicted molar refractivity (Wildman–Crippen MR) is 96.1 cm³/mol. The molecule has 0 saturated carbocycles. The maximum Gasteiger partial charge on any atom is 0.225 e. The highest BCUT2D eigenvalue weighted by Crippen LogP contribution is 2.22. The van der Waals surface area contributed by atoms with Crippen LogP contribution in [0.25, 0.3) is 0 Å². The van der Waals surface area contributed by atoms with Crippen LogP contribution in [0.4, 0.5) is 5.82 Å². The van der Waals surface area contributed by atoms with E-state index in [1.165, 1.54) is 0 Å². The van der Waals surface area contributed by atoms with E-state index >= 15 is 0 Å². The fourth-order valence-electron chi connectivity index (χ4n) is 3.24. The molecule has 6 nitrogen and oxygen atoms in total. The number of carbonyl (C=O) groups excluding carboxylic acids is 1. The zero-order valence-corrected chi connectivity index (χ0v) is 14.5. The van der Waals surface area contributed by atoms with Gasteiger partial charge >= 0.3 is 0 Å². The number of hydrogen-bond acceptors (Lipinski definition) is 5. The van der Waals surface area contributed by atoms with Crippen molar-refractivity contribution in [2.75, 3.05) is 25.0 Å². The number of aliphatic hydroxyl groups excluding tert-OH is 1. The molecule has 0 radical (unpaired) electrons. The molecule has 1 aliphatic heterocycles. The standard InChI is InChI=1S/C19H24N4O2/c1-22(19(25)13-17(24)15-5-3-2-4-6-15)16-7-11-23(12-8-16)18-14-20-9-10-21-18/h2-6,9-10,14,16-17,24H,7-8,11-13H2,1H3. The summed E-state index contributed by atoms with van der Waals surface area (Å²) in [6.45, 7) is 1.70. The Labute approximate surface area is 148 Å². The number of rotatable bonds is 5. The van der Waals surface area contributed by atoms with Crippen molar-refractivity contribution in [3.8, 4) is 0 Å². The van der Waals surface area contributed by atoms with Crippen LogP contribution in [-0.4, -0.2) is 52.1 Å². The first-order valence-corrected chi connectivity index (χ1v) is 8.65. The lowest BCUT2D eigenvalue weighted by atomic mass is 10.0. The Morgan fingerprint density at radius 1 is 1.28 bits per heavy atom. The van der Waals surface area contributed by atoms with Crippen LogP contribution in [0.5, 0.6) is 0 Å². The average molecular weight is 340 g/mol. The van der Waals surface area contributed by atoms with Crippen molar-refractivity contribution in [1.82, 2.24) is 14.9 Å². The SMILES string of the molecule is CN(C(=O)CC(O)c1ccccc1)C1CCN(c2cnccn2)CC1. The Morgan fingerprint density at radius 3 is 2.64 bits per heavy atom. The topological polar surface area (TPSA) is 69.6 Å². The van der Waals surface area contributed by atoms with Crippen LogP contribution >= 0.6 is 0 Å². The van der Waals surface area contributed by atoms with E-state index in [2.05, 4.69) is 14.9 Å². The molecule has 0 spiro atoms. The molecule has 1 fully saturated rings. The zero-order valence-electron chi connectivity index (χ0n) is 14.5. The second-order valence-electron chi connectivity index (χ2n) is 6.42. The molecule has 0 bridgehead atoms. The first-order chi connectivity index (χ1) is 12.1. The van der Waals surface area contributed by atoms with Gasteiger partial charge in [0.2, 0.25) is 5.91 Å². The van der Waals surface area contributed by atoms with E-state index in [1.54, 1.807) is 23.5 Å². The molecule has 1 amide bonds. The summed E-state index contributed by atoms with van der Waals surface area (Å²) in [4.78, 5) is 24.9. The highest BCUT2D eigenvalue weighted by Gasteiger charge is 2.27. The van der Waals surface area contributed by atoms with Gasteiger partial charge in [-0.1, -0.05) is 30.3 Å². The Balaban J connectivity index is 1.52. The highest BCUT2D eigenvalue weighted by molar-refractivity contribution is 5.77. The van der Waals surface area contributed by atoms with E-state index in [0.29, 0.717) is 0 Å². The summed E-state index contributed by atoms with van der Waals surface area (Å²) in [6.07, 6.45) is 6.27. The molecule has 0 aliphatic carbocycles. The average Bonchev–Trinajstić information content (AvgIpc) is 2.69. The van der Waals surface area contributed by atoms with Crippen molar-refractivity contribution < 1.29 is 9.90 Å². The first-order valence-electron chi connectivity index (χ1n) is 8.65. The van der Waals surface area contributed by atoms with Crippen LogP contribution in [0.15, 0.2) is 48.9 Å². The lowest BCUT2D eigenvalue weighted by Crippen LogP contribution is -2.46. The minimum absolute atomic E-state index is 0.0192. The van der Waals surface area contributed by atoms with Crippen molar-refractivity contribution in [1.29, 1.82) is 0 Å². The molecule has 6 heteroatoms. The van der Waals surface area contributed by atoms with Gasteiger partial charge in [-0.05, 0) is 18.4 Å². The second-order valence-corrected chi connectivity index (χ2v) is 6.42. The van der Waals surface area contributed by atoms with Gasteiger partial charge in [0.05, 0.1) is 18.7 Å². The van der Waals surface area contributed by atoms with E-state index in [4.69, 9.17) is 0 Å². The largest absolute Gasteiger partial charge is 0.388 e. The third-order valence-electron chi connectivity index (χ3n) is 4.83. The van der Waals surface area contributed by atoms with E-state index in [9.17, 15) is 9.90 Å². The maximum atomic E-state index is 12.5. The Morgan fingerprint density at radius 2 is 2.00 bits per heavy atom. The summed E-state index contributed by atoms with van der Waals surface area (Å²) in [6, 6.07) is 9.52. The fourth-order valence-corrected chi connectivity index (χ4v) is 3.24. The Hall–Kier alpha value is -2.47. The number of hydrogen-bond donors (Lipinski definition) is 1. The molecule has 1 N–H and O–H groups in total. The number of aromatic nitrogens is 2. The van der Waals surface area contributed by atoms with Gasteiger partial charge in [-0.2, -0.15) is 0 Å². The van der Waals surface area contributed by atoms with Gasteiger partial charge in [0, 0.05) is 38.6 Å². The number of carbonyl (C=O) groups is 1. The third-order valence-corrected chi connectivity index (χ3v) is 4.83. The summed E-state index contributed by atoms with van der Waals surface area (Å²) < 4.78 is 0. The molecule has 3 rings (SSSR count). The number of nitrogens with zero attached hydrogens (tertiary/aromatic N) is 4. The lowest BCUT2D eigenvalue weighted by molar-refractivity contribution is -0.134. The Kier molecular flexibility index (Phi) is 5.60. The number of anilines is 1. The normalized spacial score (nSPS) is 16.5. The number of benzene rings is 1. The van der Waals surface area contributed by atoms with Crippen molar-refractivity contribution in [3.05, 3.63) is 54.5 Å². The molecular weight excluding hydrogens is 316 g/mol. The summed E-state index contributed by atoms with van der Waals surface area (Å²) >= 11 is 0. The molecule has 1 aromatic carbocycles. The third kappa shape index (κ3) is 4.33. The molecule has 2 heterocycles. The van der Waals surface area contributed by atoms with Crippen molar-refractivity contribution in [3.63, 3.8) is 0 Å². The monoisotopic (exact) mass is 340 g/mol. The number of aliphatic hydroxyl groups is 1. The molecule has 1 atom stereocenters. The molecular formula is C19H24N4O2. The van der Waals surface area contributed by atoms with Crippen molar-refractivity contribution in [2.45, 2.75) is 31.4 Å². The molecule has 1 aromatic heterocycles. The molecule has 1 saturated heterocycles. The maximum absolute atomic E-state index is 12.5. The molecule has 132 valence electrons. The van der Waals surface area contributed by atoms with E-state index in [-0.39, 0.29) is 18.4 Å². The molecule has 1 unspecified atom stereocenters. The predicted octanol–water partition coefficient (Wildman–Crippen LogP) is 2.03. The lowest BCUT2D eigenvalue weighted by Gasteiger charge is -2.37. The zero-order chi connectivity index (χ0) is 17.6. The van der Waals surface area contributed by atoms with Gasteiger partial charge in [-0.25, -0.2) is 4.98 Å². The van der Waals surface area contributed by atoms with Crippen LogP contribution in [0.3, 0.4) is 0 Å². The van der Waals surface area contributed by atoms with Crippen LogP contribution in [0.1, 0.15) is 30.9 Å². The molecule has 2 aromatic rings. The summed E-state index contributed by atoms with van der Waals surface area (Å²) in [7, 11) is 1.84. The van der Waals surface area contributed by atoms with Crippen molar-refractivity contribution >= 4 is 11.7 Å². The van der Waals surface area contributed by atoms with Gasteiger partial charge < -0.3 is 14.9 Å². The quantitative estimate of drug-likeness (QED) is 0.902. The van der Waals surface area contributed by atoms with Crippen molar-refractivity contribution in [2.24, 2.45) is 0 Å². The van der Waals surface area contributed by atoms with E-state index in [0.717, 1.165) is 37.3 Å². The van der Waals surface area contributed by atoms with Crippen LogP contribution in [0, 0.1) is 0 Å². The number of piperidine rings is 1. The number of amides is 1. The minimum Gasteiger partial charge on any atom is -0.388 e.